The molecule has 0 unspecified atom stereocenters. The highest BCUT2D eigenvalue weighted by Gasteiger charge is 2.36. The molecule has 2 aromatic carbocycles. The Morgan fingerprint density at radius 3 is 2.44 bits per heavy atom. The molecule has 1 saturated heterocycles. The van der Waals surface area contributed by atoms with Gasteiger partial charge >= 0.3 is 0 Å². The summed E-state index contributed by atoms with van der Waals surface area (Å²) >= 11 is 7.27. The fourth-order valence-corrected chi connectivity index (χ4v) is 6.51. The lowest BCUT2D eigenvalue weighted by Crippen LogP contribution is -2.48. The molecule has 0 spiro atoms. The molecule has 0 radical (unpaired) electrons. The smallest absolute Gasteiger partial charge is 0.250 e. The van der Waals surface area contributed by atoms with Gasteiger partial charge in [-0.2, -0.15) is 0 Å². The summed E-state index contributed by atoms with van der Waals surface area (Å²) in [5.74, 6) is 0.403. The molecule has 2 aliphatic heterocycles. The van der Waals surface area contributed by atoms with Crippen LogP contribution in [-0.2, 0) is 11.3 Å². The highest BCUT2D eigenvalue weighted by Crippen LogP contribution is 2.39. The van der Waals surface area contributed by atoms with Crippen molar-refractivity contribution in [3.05, 3.63) is 100.0 Å². The van der Waals surface area contributed by atoms with Gasteiger partial charge in [-0.05, 0) is 55.2 Å². The Morgan fingerprint density at radius 1 is 0.972 bits per heavy atom. The van der Waals surface area contributed by atoms with Crippen molar-refractivity contribution >= 4 is 45.7 Å². The van der Waals surface area contributed by atoms with Crippen molar-refractivity contribution in [1.29, 1.82) is 0 Å². The van der Waals surface area contributed by atoms with Crippen LogP contribution in [0.5, 0.6) is 0 Å². The minimum atomic E-state index is -0.525. The summed E-state index contributed by atoms with van der Waals surface area (Å²) < 4.78 is 2.59. The van der Waals surface area contributed by atoms with Crippen LogP contribution in [0.4, 0.5) is 5.69 Å². The first-order chi connectivity index (χ1) is 17.4. The van der Waals surface area contributed by atoms with E-state index in [2.05, 4.69) is 10.2 Å². The maximum absolute atomic E-state index is 13.4. The second-order valence-electron chi connectivity index (χ2n) is 9.40. The molecule has 2 aliphatic rings. The summed E-state index contributed by atoms with van der Waals surface area (Å²) in [6.45, 7) is 3.73. The summed E-state index contributed by atoms with van der Waals surface area (Å²) in [7, 11) is 0. The van der Waals surface area contributed by atoms with Crippen LogP contribution < -0.4 is 10.9 Å². The zero-order chi connectivity index (χ0) is 25.2. The molecular formula is C28H27N3O3S2. The number of hydrogen-bond donors (Lipinski definition) is 1. The molecule has 8 heteroatoms. The van der Waals surface area contributed by atoms with Gasteiger partial charge in [0.05, 0.1) is 0 Å². The molecule has 0 saturated carbocycles. The van der Waals surface area contributed by atoms with Gasteiger partial charge in [-0.3, -0.25) is 14.4 Å². The number of Topliss-reactive ketones (excluding diaryl/α,β-unsaturated/α-hetero) is 1. The number of aromatic nitrogens is 1. The number of benzene rings is 2. The SMILES string of the molecule is CC(=O)c1ccc(NC(=O)[C@H](SC(=S)N2C[C@H]3C[C@@H](C2)c2cccc(=O)n2C3)c2ccccc2)cc1. The lowest BCUT2D eigenvalue weighted by atomic mass is 9.83. The number of fused-ring (bicyclic) bond motifs is 4. The average molecular weight is 518 g/mol. The van der Waals surface area contributed by atoms with Crippen molar-refractivity contribution in [3.8, 4) is 0 Å². The predicted octanol–water partition coefficient (Wildman–Crippen LogP) is 4.87. The number of thioether (sulfide) groups is 1. The Bertz CT molecular complexity index is 1350. The Labute approximate surface area is 219 Å². The Kier molecular flexibility index (Phi) is 7.07. The summed E-state index contributed by atoms with van der Waals surface area (Å²) in [5, 5.41) is 2.46. The van der Waals surface area contributed by atoms with Crippen molar-refractivity contribution in [2.45, 2.75) is 31.1 Å². The van der Waals surface area contributed by atoms with Crippen LogP contribution in [0.3, 0.4) is 0 Å². The van der Waals surface area contributed by atoms with Crippen LogP contribution in [0.15, 0.2) is 77.6 Å². The molecule has 3 heterocycles. The van der Waals surface area contributed by atoms with Crippen molar-refractivity contribution < 1.29 is 9.59 Å². The van der Waals surface area contributed by atoms with Crippen LogP contribution in [0.2, 0.25) is 0 Å². The number of ketones is 1. The molecule has 1 N–H and O–H groups in total. The minimum absolute atomic E-state index is 0.0188. The first-order valence-corrected chi connectivity index (χ1v) is 13.3. The van der Waals surface area contributed by atoms with Crippen molar-refractivity contribution in [2.75, 3.05) is 18.4 Å². The second-order valence-corrected chi connectivity index (χ2v) is 11.1. The van der Waals surface area contributed by atoms with Gasteiger partial charge in [-0.15, -0.1) is 0 Å². The van der Waals surface area contributed by atoms with Gasteiger partial charge in [0.2, 0.25) is 5.91 Å². The maximum atomic E-state index is 13.4. The molecule has 36 heavy (non-hydrogen) atoms. The number of hydrogen-bond acceptors (Lipinski definition) is 5. The standard InChI is InChI=1S/C28H27N3O3S2/c1-18(32)20-10-12-23(13-11-20)29-27(34)26(21-6-3-2-4-7-21)36-28(35)30-15-19-14-22(17-30)24-8-5-9-25(33)31(24)16-19/h2-13,19,22,26H,14-17H2,1H3,(H,29,34)/t19-,22+,26-/m1/s1. The van der Waals surface area contributed by atoms with Gasteiger partial charge in [-0.25, -0.2) is 0 Å². The molecule has 6 nitrogen and oxygen atoms in total. The minimum Gasteiger partial charge on any atom is -0.356 e. The zero-order valence-electron chi connectivity index (χ0n) is 19.9. The summed E-state index contributed by atoms with van der Waals surface area (Å²) in [5.41, 5.74) is 3.24. The number of likely N-dealkylation sites (tertiary alicyclic amines) is 1. The monoisotopic (exact) mass is 517 g/mol. The van der Waals surface area contributed by atoms with E-state index >= 15 is 0 Å². The number of nitrogens with one attached hydrogen (secondary N) is 1. The second kappa shape index (κ2) is 10.4. The third-order valence-corrected chi connectivity index (χ3v) is 8.58. The number of carbonyl (C=O) groups is 2. The Morgan fingerprint density at radius 2 is 1.72 bits per heavy atom. The van der Waals surface area contributed by atoms with E-state index in [4.69, 9.17) is 12.2 Å². The molecule has 3 atom stereocenters. The van der Waals surface area contributed by atoms with Crippen molar-refractivity contribution in [2.24, 2.45) is 5.92 Å². The number of rotatable bonds is 5. The van der Waals surface area contributed by atoms with Crippen molar-refractivity contribution in [3.63, 3.8) is 0 Å². The van der Waals surface area contributed by atoms with Crippen LogP contribution in [0, 0.1) is 5.92 Å². The lowest BCUT2D eigenvalue weighted by molar-refractivity contribution is -0.115. The van der Waals surface area contributed by atoms with Gasteiger partial charge < -0.3 is 14.8 Å². The predicted molar refractivity (Wildman–Crippen MR) is 148 cm³/mol. The number of carbonyl (C=O) groups excluding carboxylic acids is 2. The van der Waals surface area contributed by atoms with E-state index in [0.29, 0.717) is 28.0 Å². The topological polar surface area (TPSA) is 71.4 Å². The number of thiocarbonyl (C=S) groups is 1. The number of piperidine rings is 1. The molecule has 3 aromatic rings. The van der Waals surface area contributed by atoms with Gasteiger partial charge in [0.25, 0.3) is 5.56 Å². The van der Waals surface area contributed by atoms with E-state index in [0.717, 1.165) is 30.8 Å². The van der Waals surface area contributed by atoms with Gasteiger partial charge in [0.1, 0.15) is 9.57 Å². The Balaban J connectivity index is 1.33. The first-order valence-electron chi connectivity index (χ1n) is 12.0. The largest absolute Gasteiger partial charge is 0.356 e. The van der Waals surface area contributed by atoms with Gasteiger partial charge in [0, 0.05) is 48.6 Å². The number of pyridine rings is 1. The van der Waals surface area contributed by atoms with E-state index < -0.39 is 5.25 Å². The summed E-state index contributed by atoms with van der Waals surface area (Å²) in [6.07, 6.45) is 1.05. The first kappa shape index (κ1) is 24.5. The highest BCUT2D eigenvalue weighted by atomic mass is 32.2. The van der Waals surface area contributed by atoms with Crippen LogP contribution in [0.1, 0.15) is 46.1 Å². The van der Waals surface area contributed by atoms with Gasteiger partial charge in [-0.1, -0.05) is 60.4 Å². The van der Waals surface area contributed by atoms with E-state index in [1.165, 1.54) is 18.7 Å². The third-order valence-electron chi connectivity index (χ3n) is 6.86. The fourth-order valence-electron chi connectivity index (χ4n) is 5.12. The molecule has 0 aliphatic carbocycles. The quantitative estimate of drug-likeness (QED) is 0.385. The normalized spacial score (nSPS) is 19.2. The number of nitrogens with zero attached hydrogens (tertiary/aromatic N) is 2. The molecule has 184 valence electrons. The van der Waals surface area contributed by atoms with E-state index in [1.807, 2.05) is 47.0 Å². The van der Waals surface area contributed by atoms with Crippen molar-refractivity contribution in [1.82, 2.24) is 9.47 Å². The van der Waals surface area contributed by atoms with E-state index in [9.17, 15) is 14.4 Å². The number of amides is 1. The average Bonchev–Trinajstić information content (AvgIpc) is 2.88. The maximum Gasteiger partial charge on any atom is 0.250 e. The van der Waals surface area contributed by atoms with E-state index in [-0.39, 0.29) is 23.2 Å². The summed E-state index contributed by atoms with van der Waals surface area (Å²) in [6, 6.07) is 22.0. The molecule has 5 rings (SSSR count). The molecular weight excluding hydrogens is 490 g/mol. The fraction of sp³-hybridized carbons (Fsp3) is 0.286. The lowest BCUT2D eigenvalue weighted by Gasteiger charge is -2.43. The molecule has 1 fully saturated rings. The molecule has 2 bridgehead atoms. The van der Waals surface area contributed by atoms with Crippen LogP contribution in [-0.4, -0.2) is 38.6 Å². The third kappa shape index (κ3) is 5.15. The Hall–Kier alpha value is -3.23. The zero-order valence-corrected chi connectivity index (χ0v) is 21.6. The highest BCUT2D eigenvalue weighted by molar-refractivity contribution is 8.23. The van der Waals surface area contributed by atoms with E-state index in [1.54, 1.807) is 30.3 Å². The molecule has 1 amide bonds. The number of anilines is 1. The van der Waals surface area contributed by atoms with Crippen LogP contribution >= 0.6 is 24.0 Å². The molecule has 1 aromatic heterocycles. The van der Waals surface area contributed by atoms with Crippen LogP contribution in [0.25, 0.3) is 0 Å². The summed E-state index contributed by atoms with van der Waals surface area (Å²) in [4.78, 5) is 39.6. The van der Waals surface area contributed by atoms with Gasteiger partial charge in [0.15, 0.2) is 5.78 Å².